The van der Waals surface area contributed by atoms with Gasteiger partial charge in [0.2, 0.25) is 0 Å². The van der Waals surface area contributed by atoms with Gasteiger partial charge in [0.1, 0.15) is 11.5 Å². The van der Waals surface area contributed by atoms with Gasteiger partial charge in [-0.05, 0) is 90.9 Å². The maximum absolute atomic E-state index is 10.5. The first-order valence-electron chi connectivity index (χ1n) is 11.4. The van der Waals surface area contributed by atoms with Crippen molar-refractivity contribution in [3.63, 3.8) is 0 Å². The smallest absolute Gasteiger partial charge is 0.161 e. The van der Waals surface area contributed by atoms with Crippen LogP contribution in [-0.4, -0.2) is 22.4 Å². The largest absolute Gasteiger partial charge is 0.513 e. The molecule has 3 aromatic carbocycles. The van der Waals surface area contributed by atoms with Crippen LogP contribution in [0.4, 0.5) is 0 Å². The first-order chi connectivity index (χ1) is 16.3. The van der Waals surface area contributed by atoms with E-state index in [1.165, 1.54) is 0 Å². The lowest BCUT2D eigenvalue weighted by Crippen LogP contribution is -2.17. The van der Waals surface area contributed by atoms with E-state index in [0.29, 0.717) is 29.2 Å². The third kappa shape index (κ3) is 3.48. The Bertz CT molecular complexity index is 1360. The van der Waals surface area contributed by atoms with Gasteiger partial charge in [0.05, 0.1) is 18.6 Å². The monoisotopic (exact) mass is 456 g/mol. The predicted molar refractivity (Wildman–Crippen MR) is 133 cm³/mol. The summed E-state index contributed by atoms with van der Waals surface area (Å²) in [5.41, 5.74) is 7.53. The van der Waals surface area contributed by atoms with E-state index in [2.05, 4.69) is 6.07 Å². The van der Waals surface area contributed by atoms with Crippen molar-refractivity contribution in [2.24, 2.45) is 0 Å². The molecule has 0 saturated carbocycles. The van der Waals surface area contributed by atoms with Crippen LogP contribution in [0.1, 0.15) is 63.8 Å². The molecule has 0 bridgehead atoms. The molecule has 0 radical (unpaired) electrons. The van der Waals surface area contributed by atoms with E-state index in [1.54, 1.807) is 20.1 Å². The second-order valence-electron chi connectivity index (χ2n) is 9.10. The minimum absolute atomic E-state index is 0.113. The van der Waals surface area contributed by atoms with Crippen molar-refractivity contribution in [3.8, 4) is 23.0 Å². The average Bonchev–Trinajstić information content (AvgIpc) is 2.81. The van der Waals surface area contributed by atoms with Crippen LogP contribution in [0.2, 0.25) is 0 Å². The van der Waals surface area contributed by atoms with Crippen molar-refractivity contribution >= 4 is 12.2 Å². The molecular formula is C29H28O5. The number of rotatable bonds is 3. The van der Waals surface area contributed by atoms with Crippen LogP contribution in [-0.2, 0) is 6.42 Å². The van der Waals surface area contributed by atoms with E-state index in [1.807, 2.05) is 50.3 Å². The molecule has 1 heterocycles. The summed E-state index contributed by atoms with van der Waals surface area (Å²) in [7, 11) is 1.54. The molecule has 5 heteroatoms. The molecule has 5 rings (SSSR count). The molecule has 1 aliphatic heterocycles. The molecule has 3 aromatic rings. The summed E-state index contributed by atoms with van der Waals surface area (Å²) in [6.45, 7) is 5.52. The second-order valence-corrected chi connectivity index (χ2v) is 9.10. The number of benzene rings is 3. The van der Waals surface area contributed by atoms with E-state index < -0.39 is 0 Å². The molecule has 0 aromatic heterocycles. The zero-order chi connectivity index (χ0) is 24.1. The minimum Gasteiger partial charge on any atom is -0.513 e. The zero-order valence-corrected chi connectivity index (χ0v) is 19.8. The van der Waals surface area contributed by atoms with Gasteiger partial charge in [0, 0.05) is 23.5 Å². The van der Waals surface area contributed by atoms with Gasteiger partial charge in [-0.2, -0.15) is 0 Å². The Morgan fingerprint density at radius 2 is 1.74 bits per heavy atom. The lowest BCUT2D eigenvalue weighted by atomic mass is 9.75. The van der Waals surface area contributed by atoms with Crippen LogP contribution in [0.5, 0.6) is 23.0 Å². The molecule has 2 aliphatic rings. The third-order valence-corrected chi connectivity index (χ3v) is 6.76. The van der Waals surface area contributed by atoms with E-state index in [-0.39, 0.29) is 17.4 Å². The average molecular weight is 457 g/mol. The number of fused-ring (bicyclic) bond motifs is 4. The van der Waals surface area contributed by atoms with Crippen molar-refractivity contribution in [3.05, 3.63) is 92.4 Å². The summed E-state index contributed by atoms with van der Waals surface area (Å²) < 4.78 is 11.9. The summed E-state index contributed by atoms with van der Waals surface area (Å²) in [5, 5.41) is 31.1. The van der Waals surface area contributed by atoms with Crippen molar-refractivity contribution in [2.75, 3.05) is 7.11 Å². The van der Waals surface area contributed by atoms with E-state index in [9.17, 15) is 15.3 Å². The molecule has 34 heavy (non-hydrogen) atoms. The molecule has 5 nitrogen and oxygen atoms in total. The Labute approximate surface area is 199 Å². The molecule has 1 atom stereocenters. The summed E-state index contributed by atoms with van der Waals surface area (Å²) >= 11 is 0. The Hall–Kier alpha value is -3.86. The number of phenolic OH excluding ortho intramolecular Hbond substituents is 1. The first-order valence-corrected chi connectivity index (χ1v) is 11.4. The normalized spacial score (nSPS) is 16.6. The number of allylic oxidation sites excluding steroid dienone is 2. The van der Waals surface area contributed by atoms with Crippen molar-refractivity contribution in [1.82, 2.24) is 0 Å². The van der Waals surface area contributed by atoms with Crippen LogP contribution in [0, 0.1) is 13.8 Å². The standard InChI is InChI=1S/C29H28O5/c1-15-5-9-23-27(21(15)12-17(3)30)26(19-11-16(2)29(32)25(13-19)33-4)28-22-14-20(31)8-6-18(22)7-10-24(28)34-23/h5,7,9-14,26,30-32H,6,8H2,1-4H3/b17-12+. The maximum atomic E-state index is 10.5. The molecule has 0 spiro atoms. The Morgan fingerprint density at radius 3 is 2.47 bits per heavy atom. The summed E-state index contributed by atoms with van der Waals surface area (Å²) in [4.78, 5) is 0. The number of aromatic hydroxyl groups is 1. The van der Waals surface area contributed by atoms with Crippen molar-refractivity contribution in [2.45, 2.75) is 39.5 Å². The number of aliphatic hydroxyl groups is 2. The minimum atomic E-state index is -0.269. The quantitative estimate of drug-likeness (QED) is 0.287. The third-order valence-electron chi connectivity index (χ3n) is 6.76. The summed E-state index contributed by atoms with van der Waals surface area (Å²) in [6.07, 6.45) is 4.96. The van der Waals surface area contributed by atoms with Gasteiger partial charge in [-0.1, -0.05) is 18.2 Å². The fourth-order valence-electron chi connectivity index (χ4n) is 5.14. The highest BCUT2D eigenvalue weighted by atomic mass is 16.5. The van der Waals surface area contributed by atoms with E-state index >= 15 is 0 Å². The molecule has 0 saturated heterocycles. The molecule has 1 aliphatic carbocycles. The Morgan fingerprint density at radius 1 is 1.00 bits per heavy atom. The fourth-order valence-corrected chi connectivity index (χ4v) is 5.14. The predicted octanol–water partition coefficient (Wildman–Crippen LogP) is 7.07. The SMILES string of the molecule is COc1cc(C2c3c(ccc4c3C=C(O)CC4)Oc3ccc(C)c(/C=C(\C)O)c32)cc(C)c1O. The molecular weight excluding hydrogens is 428 g/mol. The van der Waals surface area contributed by atoms with Crippen molar-refractivity contribution in [1.29, 1.82) is 0 Å². The highest BCUT2D eigenvalue weighted by Crippen LogP contribution is 2.53. The summed E-state index contributed by atoms with van der Waals surface area (Å²) in [6, 6.07) is 11.8. The van der Waals surface area contributed by atoms with Crippen LogP contribution in [0.3, 0.4) is 0 Å². The number of aliphatic hydroxyl groups excluding tert-OH is 2. The highest BCUT2D eigenvalue weighted by molar-refractivity contribution is 5.75. The molecule has 1 unspecified atom stereocenters. The van der Waals surface area contributed by atoms with Crippen LogP contribution < -0.4 is 9.47 Å². The number of methoxy groups -OCH3 is 1. The molecule has 3 N–H and O–H groups in total. The van der Waals surface area contributed by atoms with Gasteiger partial charge in [-0.25, -0.2) is 0 Å². The Balaban J connectivity index is 1.90. The Kier molecular flexibility index (Phi) is 5.28. The van der Waals surface area contributed by atoms with Gasteiger partial charge >= 0.3 is 0 Å². The summed E-state index contributed by atoms with van der Waals surface area (Å²) in [5.74, 6) is 2.23. The lowest BCUT2D eigenvalue weighted by Gasteiger charge is -2.34. The zero-order valence-electron chi connectivity index (χ0n) is 19.8. The van der Waals surface area contributed by atoms with Gasteiger partial charge in [-0.15, -0.1) is 0 Å². The van der Waals surface area contributed by atoms with Gasteiger partial charge in [-0.3, -0.25) is 0 Å². The van der Waals surface area contributed by atoms with Gasteiger partial charge in [0.25, 0.3) is 0 Å². The van der Waals surface area contributed by atoms with Crippen LogP contribution in [0.25, 0.3) is 12.2 Å². The molecule has 0 amide bonds. The fraction of sp³-hybridized carbons (Fsp3) is 0.241. The van der Waals surface area contributed by atoms with Crippen LogP contribution in [0.15, 0.2) is 47.9 Å². The molecule has 174 valence electrons. The van der Waals surface area contributed by atoms with E-state index in [0.717, 1.165) is 51.1 Å². The number of hydrogen-bond acceptors (Lipinski definition) is 5. The highest BCUT2D eigenvalue weighted by Gasteiger charge is 2.35. The van der Waals surface area contributed by atoms with Crippen molar-refractivity contribution < 1.29 is 24.8 Å². The number of phenols is 1. The topological polar surface area (TPSA) is 79.2 Å². The lowest BCUT2D eigenvalue weighted by molar-refractivity contribution is 0.371. The molecule has 0 fully saturated rings. The maximum Gasteiger partial charge on any atom is 0.161 e. The second kappa shape index (κ2) is 8.17. The first kappa shape index (κ1) is 22.0. The van der Waals surface area contributed by atoms with Crippen LogP contribution >= 0.6 is 0 Å². The van der Waals surface area contributed by atoms with Gasteiger partial charge < -0.3 is 24.8 Å². The number of hydrogen-bond donors (Lipinski definition) is 3. The van der Waals surface area contributed by atoms with Gasteiger partial charge in [0.15, 0.2) is 11.5 Å². The number of aryl methyl sites for hydroxylation is 3. The van der Waals surface area contributed by atoms with E-state index in [4.69, 9.17) is 9.47 Å². The number of ether oxygens (including phenoxy) is 2.